The van der Waals surface area contributed by atoms with Crippen LogP contribution in [0.4, 0.5) is 5.69 Å². The fourth-order valence-electron chi connectivity index (χ4n) is 4.32. The second-order valence-electron chi connectivity index (χ2n) is 7.46. The molecule has 1 unspecified atom stereocenters. The zero-order chi connectivity index (χ0) is 20.0. The van der Waals surface area contributed by atoms with Crippen LogP contribution in [-0.2, 0) is 12.8 Å². The van der Waals surface area contributed by atoms with Crippen LogP contribution in [0.3, 0.4) is 0 Å². The van der Waals surface area contributed by atoms with Crippen molar-refractivity contribution in [1.29, 1.82) is 0 Å². The number of ketones is 1. The van der Waals surface area contributed by atoms with Gasteiger partial charge in [0.15, 0.2) is 5.65 Å². The van der Waals surface area contributed by atoms with Crippen LogP contribution in [0.15, 0.2) is 60.8 Å². The van der Waals surface area contributed by atoms with Crippen molar-refractivity contribution in [1.82, 2.24) is 14.8 Å². The summed E-state index contributed by atoms with van der Waals surface area (Å²) in [4.78, 5) is 18.3. The number of aryl methyl sites for hydroxylation is 1. The van der Waals surface area contributed by atoms with Crippen molar-refractivity contribution >= 4 is 22.5 Å². The van der Waals surface area contributed by atoms with E-state index in [2.05, 4.69) is 29.5 Å². The normalized spacial score (nSPS) is 14.2. The minimum atomic E-state index is -0.00776. The fourth-order valence-corrected chi connectivity index (χ4v) is 4.32. The summed E-state index contributed by atoms with van der Waals surface area (Å²) >= 11 is 0. The number of fused-ring (bicyclic) bond motifs is 3. The Morgan fingerprint density at radius 2 is 1.79 bits per heavy atom. The van der Waals surface area contributed by atoms with Crippen molar-refractivity contribution in [2.24, 2.45) is 0 Å². The van der Waals surface area contributed by atoms with Crippen molar-refractivity contribution in [3.8, 4) is 0 Å². The number of anilines is 1. The quantitative estimate of drug-likeness (QED) is 0.570. The Morgan fingerprint density at radius 1 is 1.03 bits per heavy atom. The summed E-state index contributed by atoms with van der Waals surface area (Å²) in [5, 5.41) is 8.92. The zero-order valence-electron chi connectivity index (χ0n) is 16.5. The van der Waals surface area contributed by atoms with Gasteiger partial charge in [0.2, 0.25) is 5.78 Å². The van der Waals surface area contributed by atoms with Crippen molar-refractivity contribution < 1.29 is 4.79 Å². The number of nitrogens with zero attached hydrogens (tertiary/aromatic N) is 3. The van der Waals surface area contributed by atoms with E-state index in [1.807, 2.05) is 60.4 Å². The first-order valence-corrected chi connectivity index (χ1v) is 9.94. The second kappa shape index (κ2) is 6.85. The highest BCUT2D eigenvalue weighted by atomic mass is 16.1. The van der Waals surface area contributed by atoms with E-state index >= 15 is 0 Å². The Labute approximate surface area is 169 Å². The topological polar surface area (TPSA) is 59.8 Å². The summed E-state index contributed by atoms with van der Waals surface area (Å²) in [5.74, 6) is -0.00776. The van der Waals surface area contributed by atoms with Gasteiger partial charge in [-0.25, -0.2) is 9.67 Å². The predicted molar refractivity (Wildman–Crippen MR) is 115 cm³/mol. The Hall–Kier alpha value is -3.47. The Kier molecular flexibility index (Phi) is 4.16. The molecule has 0 fully saturated rings. The minimum absolute atomic E-state index is 0.00776. The van der Waals surface area contributed by atoms with Crippen LogP contribution in [0.5, 0.6) is 0 Å². The van der Waals surface area contributed by atoms with Gasteiger partial charge in [0.25, 0.3) is 0 Å². The number of carbonyl (C=O) groups is 1. The highest BCUT2D eigenvalue weighted by molar-refractivity contribution is 6.12. The third-order valence-electron chi connectivity index (χ3n) is 5.86. The van der Waals surface area contributed by atoms with Gasteiger partial charge < -0.3 is 5.32 Å². The molecule has 0 radical (unpaired) electrons. The maximum absolute atomic E-state index is 13.4. The number of carbonyl (C=O) groups excluding carboxylic acids is 1. The van der Waals surface area contributed by atoms with Crippen molar-refractivity contribution in [2.75, 3.05) is 12.4 Å². The molecule has 5 heteroatoms. The third kappa shape index (κ3) is 2.73. The van der Waals surface area contributed by atoms with Gasteiger partial charge in [-0.05, 0) is 30.9 Å². The van der Waals surface area contributed by atoms with Crippen molar-refractivity contribution in [3.05, 3.63) is 88.7 Å². The van der Waals surface area contributed by atoms with Gasteiger partial charge in [-0.3, -0.25) is 4.79 Å². The van der Waals surface area contributed by atoms with Crippen molar-refractivity contribution in [3.63, 3.8) is 0 Å². The Bertz CT molecular complexity index is 1230. The number of nitrogens with one attached hydrogen (secondary N) is 1. The molecule has 2 aromatic carbocycles. The van der Waals surface area contributed by atoms with Crippen LogP contribution < -0.4 is 5.32 Å². The van der Waals surface area contributed by atoms with Crippen molar-refractivity contribution in [2.45, 2.75) is 25.8 Å². The molecule has 144 valence electrons. The van der Waals surface area contributed by atoms with Gasteiger partial charge in [-0.15, -0.1) is 0 Å². The molecule has 1 aliphatic carbocycles. The molecule has 5 rings (SSSR count). The summed E-state index contributed by atoms with van der Waals surface area (Å²) < 4.78 is 1.91. The molecule has 4 aromatic rings. The first kappa shape index (κ1) is 17.6. The van der Waals surface area contributed by atoms with E-state index in [0.29, 0.717) is 5.69 Å². The number of rotatable bonds is 3. The van der Waals surface area contributed by atoms with Crippen LogP contribution in [0.2, 0.25) is 0 Å². The average Bonchev–Trinajstić information content (AvgIpc) is 3.14. The molecule has 1 aliphatic rings. The van der Waals surface area contributed by atoms with Crippen LogP contribution >= 0.6 is 0 Å². The van der Waals surface area contributed by atoms with Gasteiger partial charge in [0, 0.05) is 18.2 Å². The first-order valence-electron chi connectivity index (χ1n) is 9.94. The first-order chi connectivity index (χ1) is 14.2. The van der Waals surface area contributed by atoms with Gasteiger partial charge in [-0.1, -0.05) is 54.6 Å². The lowest BCUT2D eigenvalue weighted by atomic mass is 10.0. The van der Waals surface area contributed by atoms with Crippen LogP contribution in [0.25, 0.3) is 11.0 Å². The molecule has 0 aliphatic heterocycles. The van der Waals surface area contributed by atoms with Crippen LogP contribution in [0, 0.1) is 0 Å². The summed E-state index contributed by atoms with van der Waals surface area (Å²) in [6.07, 6.45) is 3.46. The molecule has 1 atom stereocenters. The molecule has 0 saturated carbocycles. The molecule has 0 spiro atoms. The number of pyridine rings is 1. The number of hydrogen-bond acceptors (Lipinski definition) is 4. The molecule has 0 saturated heterocycles. The van der Waals surface area contributed by atoms with Gasteiger partial charge in [0.05, 0.1) is 23.3 Å². The van der Waals surface area contributed by atoms with E-state index in [-0.39, 0.29) is 11.8 Å². The molecule has 2 aromatic heterocycles. The fraction of sp³-hybridized carbons (Fsp3) is 0.208. The molecular formula is C24H22N4O. The lowest BCUT2D eigenvalue weighted by Gasteiger charge is -2.16. The van der Waals surface area contributed by atoms with Gasteiger partial charge in [0.1, 0.15) is 5.69 Å². The van der Waals surface area contributed by atoms with E-state index in [1.165, 1.54) is 0 Å². The van der Waals surface area contributed by atoms with E-state index in [0.717, 1.165) is 51.8 Å². The standard InChI is InChI=1S/C24H22N4O/c1-15(16-8-4-3-5-9-16)28-24-20(14-26-28)21(25-2)19-13-12-17-10-6-7-11-18(17)23(29)22(19)27-24/h3-11,14-15H,12-13H2,1-2H3,(H,25,27). The van der Waals surface area contributed by atoms with Crippen LogP contribution in [0.1, 0.15) is 45.7 Å². The zero-order valence-corrected chi connectivity index (χ0v) is 16.5. The lowest BCUT2D eigenvalue weighted by molar-refractivity contribution is 0.103. The number of benzene rings is 2. The number of aromatic nitrogens is 3. The maximum atomic E-state index is 13.4. The smallest absolute Gasteiger partial charge is 0.212 e. The molecule has 5 nitrogen and oxygen atoms in total. The molecule has 2 heterocycles. The van der Waals surface area contributed by atoms with E-state index in [9.17, 15) is 4.79 Å². The maximum Gasteiger partial charge on any atom is 0.212 e. The molecule has 0 bridgehead atoms. The second-order valence-corrected chi connectivity index (χ2v) is 7.46. The van der Waals surface area contributed by atoms with Gasteiger partial charge in [-0.2, -0.15) is 5.10 Å². The summed E-state index contributed by atoms with van der Waals surface area (Å²) in [6.45, 7) is 2.10. The lowest BCUT2D eigenvalue weighted by Crippen LogP contribution is -2.13. The monoisotopic (exact) mass is 382 g/mol. The van der Waals surface area contributed by atoms with E-state index < -0.39 is 0 Å². The SMILES string of the molecule is CNc1c2c(nc3c1cnn3C(C)c1ccccc1)C(=O)c1ccccc1CC2. The summed E-state index contributed by atoms with van der Waals surface area (Å²) in [5.41, 5.74) is 6.19. The largest absolute Gasteiger partial charge is 0.387 e. The third-order valence-corrected chi connectivity index (χ3v) is 5.86. The summed E-state index contributed by atoms with van der Waals surface area (Å²) in [6, 6.07) is 18.1. The van der Waals surface area contributed by atoms with Gasteiger partial charge >= 0.3 is 0 Å². The predicted octanol–water partition coefficient (Wildman–Crippen LogP) is 4.41. The Morgan fingerprint density at radius 3 is 2.59 bits per heavy atom. The minimum Gasteiger partial charge on any atom is -0.387 e. The average molecular weight is 382 g/mol. The molecular weight excluding hydrogens is 360 g/mol. The highest BCUT2D eigenvalue weighted by Crippen LogP contribution is 2.34. The highest BCUT2D eigenvalue weighted by Gasteiger charge is 2.27. The Balaban J connectivity index is 1.73. The molecule has 29 heavy (non-hydrogen) atoms. The van der Waals surface area contributed by atoms with E-state index in [1.54, 1.807) is 0 Å². The van der Waals surface area contributed by atoms with E-state index in [4.69, 9.17) is 4.98 Å². The van der Waals surface area contributed by atoms with Crippen LogP contribution in [-0.4, -0.2) is 27.6 Å². The molecule has 0 amide bonds. The summed E-state index contributed by atoms with van der Waals surface area (Å²) in [7, 11) is 1.90. The number of hydrogen-bond donors (Lipinski definition) is 1. The molecule has 1 N–H and O–H groups in total.